The molecule has 0 aliphatic carbocycles. The Morgan fingerprint density at radius 3 is 2.90 bits per heavy atom. The maximum Gasteiger partial charge on any atom is 0.0796 e. The molecule has 0 aromatic carbocycles. The highest BCUT2D eigenvalue weighted by atomic mass is 28.3. The van der Waals surface area contributed by atoms with Crippen molar-refractivity contribution in [1.29, 1.82) is 0 Å². The summed E-state index contributed by atoms with van der Waals surface area (Å²) in [5.74, 6) is 0. The van der Waals surface area contributed by atoms with Crippen molar-refractivity contribution >= 4 is 13.3 Å². The second kappa shape index (κ2) is 2.54. The van der Waals surface area contributed by atoms with Crippen molar-refractivity contribution < 1.29 is 8.22 Å². The number of hydrogen-bond acceptors (Lipinski definition) is 1. The van der Waals surface area contributed by atoms with E-state index in [9.17, 15) is 0 Å². The van der Waals surface area contributed by atoms with Crippen LogP contribution in [0, 0.1) is 0 Å². The van der Waals surface area contributed by atoms with Crippen LogP contribution in [0.1, 0.15) is 8.22 Å². The van der Waals surface area contributed by atoms with Crippen LogP contribution in [-0.4, -0.2) is 13.1 Å². The molecule has 0 spiro atoms. The van der Waals surface area contributed by atoms with E-state index in [-0.39, 0.29) is 0 Å². The molecule has 0 amide bonds. The zero-order valence-corrected chi connectivity index (χ0v) is 6.76. The van der Waals surface area contributed by atoms with Crippen molar-refractivity contribution in [1.82, 2.24) is 4.98 Å². The lowest BCUT2D eigenvalue weighted by atomic mass is 10.5. The van der Waals surface area contributed by atoms with Gasteiger partial charge in [-0.05, 0) is 11.3 Å². The van der Waals surface area contributed by atoms with Gasteiger partial charge in [0, 0.05) is 20.6 Å². The Hall–Kier alpha value is -0.633. The highest BCUT2D eigenvalue weighted by molar-refractivity contribution is 6.88. The first-order chi connectivity index (χ1) is 7.11. The predicted octanol–water partition coefficient (Wildman–Crippen LogP) is 1.63. The number of hydrogen-bond donors (Lipinski definition) is 0. The third-order valence-electron chi connectivity index (χ3n) is 1.24. The van der Waals surface area contributed by atoms with Gasteiger partial charge in [0.05, 0.1) is 8.07 Å². The predicted molar refractivity (Wildman–Crippen MR) is 47.2 cm³/mol. The Morgan fingerprint density at radius 2 is 2.40 bits per heavy atom. The van der Waals surface area contributed by atoms with Crippen LogP contribution in [0.4, 0.5) is 0 Å². The molecule has 0 unspecified atom stereocenters. The van der Waals surface area contributed by atoms with Gasteiger partial charge in [-0.15, -0.1) is 0 Å². The molecule has 10 heavy (non-hydrogen) atoms. The molecule has 1 rings (SSSR count). The van der Waals surface area contributed by atoms with Gasteiger partial charge in [0.15, 0.2) is 0 Å². The van der Waals surface area contributed by atoms with Crippen molar-refractivity contribution in [3.05, 3.63) is 24.5 Å². The lowest BCUT2D eigenvalue weighted by Crippen LogP contribution is -2.37. The average Bonchev–Trinajstić information content (AvgIpc) is 2.14. The van der Waals surface area contributed by atoms with E-state index < -0.39 is 21.0 Å². The maximum atomic E-state index is 7.49. The topological polar surface area (TPSA) is 12.9 Å². The molecule has 2 heteroatoms. The normalized spacial score (nSPS) is 22.9. The summed E-state index contributed by atoms with van der Waals surface area (Å²) in [4.78, 5) is 3.81. The largest absolute Gasteiger partial charge is 0.265 e. The molecule has 1 nitrogen and oxygen atoms in total. The fourth-order valence-electron chi connectivity index (χ4n) is 0.659. The number of rotatable bonds is 1. The summed E-state index contributed by atoms with van der Waals surface area (Å²) in [6.07, 6.45) is 2.85. The second-order valence-corrected chi connectivity index (χ2v) is 5.19. The van der Waals surface area contributed by atoms with Crippen molar-refractivity contribution in [2.75, 3.05) is 0 Å². The van der Waals surface area contributed by atoms with Gasteiger partial charge in [0.25, 0.3) is 0 Å². The zero-order valence-electron chi connectivity index (χ0n) is 11.8. The van der Waals surface area contributed by atoms with E-state index in [1.807, 2.05) is 0 Å². The van der Waals surface area contributed by atoms with Crippen LogP contribution in [0.3, 0.4) is 0 Å². The molecule has 0 radical (unpaired) electrons. The van der Waals surface area contributed by atoms with Gasteiger partial charge in [-0.3, -0.25) is 4.98 Å². The number of nitrogens with zero attached hydrogens (tertiary/aromatic N) is 1. The second-order valence-electron chi connectivity index (χ2n) is 2.37. The minimum atomic E-state index is -3.59. The van der Waals surface area contributed by atoms with Crippen LogP contribution in [0.2, 0.25) is 19.5 Å². The van der Waals surface area contributed by atoms with E-state index in [0.717, 1.165) is 0 Å². The molecule has 0 N–H and O–H groups in total. The SMILES string of the molecule is [2H]C([2H])([2H])[Si](C)(c1cccnc1)C([2H])([2H])[2H]. The molecule has 0 fully saturated rings. The molecule has 0 bridgehead atoms. The standard InChI is InChI=1S/C8H13NSi/c1-10(2,3)8-5-4-6-9-7-8/h4-7H,1-3H3/i1D3,2D3. The van der Waals surface area contributed by atoms with Crippen LogP contribution in [0.5, 0.6) is 0 Å². The summed E-state index contributed by atoms with van der Waals surface area (Å²) in [5.41, 5.74) is 0. The van der Waals surface area contributed by atoms with Gasteiger partial charge in [0.2, 0.25) is 0 Å². The van der Waals surface area contributed by atoms with E-state index in [1.54, 1.807) is 6.07 Å². The minimum absolute atomic E-state index is 0.343. The third kappa shape index (κ3) is 1.67. The van der Waals surface area contributed by atoms with Crippen LogP contribution in [-0.2, 0) is 0 Å². The Morgan fingerprint density at radius 1 is 1.60 bits per heavy atom. The fourth-order valence-corrected chi connectivity index (χ4v) is 1.42. The van der Waals surface area contributed by atoms with Crippen molar-refractivity contribution in [2.45, 2.75) is 19.5 Å². The minimum Gasteiger partial charge on any atom is -0.265 e. The third-order valence-corrected chi connectivity index (χ3v) is 2.69. The summed E-state index contributed by atoms with van der Waals surface area (Å²) in [7, 11) is -3.59. The smallest absolute Gasteiger partial charge is 0.0796 e. The summed E-state index contributed by atoms with van der Waals surface area (Å²) in [6.45, 7) is -3.58. The Labute approximate surface area is 71.6 Å². The summed E-state index contributed by atoms with van der Waals surface area (Å²) < 4.78 is 44.9. The van der Waals surface area contributed by atoms with Gasteiger partial charge in [0.1, 0.15) is 0 Å². The summed E-state index contributed by atoms with van der Waals surface area (Å²) >= 11 is 0. The first-order valence-electron chi connectivity index (χ1n) is 6.01. The van der Waals surface area contributed by atoms with Crippen LogP contribution < -0.4 is 5.19 Å². The van der Waals surface area contributed by atoms with Crippen molar-refractivity contribution in [2.24, 2.45) is 0 Å². The quantitative estimate of drug-likeness (QED) is 0.565. The van der Waals surface area contributed by atoms with Gasteiger partial charge < -0.3 is 0 Å². The van der Waals surface area contributed by atoms with E-state index in [1.165, 1.54) is 25.0 Å². The molecule has 0 saturated carbocycles. The van der Waals surface area contributed by atoms with E-state index in [4.69, 9.17) is 8.22 Å². The molecular formula is C8H13NSi. The maximum absolute atomic E-state index is 7.49. The molecule has 0 atom stereocenters. The Kier molecular flexibility index (Phi) is 0.706. The lowest BCUT2D eigenvalue weighted by Gasteiger charge is -2.14. The highest BCUT2D eigenvalue weighted by Gasteiger charge is 2.15. The van der Waals surface area contributed by atoms with Gasteiger partial charge in [-0.1, -0.05) is 25.6 Å². The Balaban J connectivity index is 3.39. The fraction of sp³-hybridized carbons (Fsp3) is 0.375. The van der Waals surface area contributed by atoms with Crippen molar-refractivity contribution in [3.8, 4) is 0 Å². The van der Waals surface area contributed by atoms with Crippen molar-refractivity contribution in [3.63, 3.8) is 0 Å². The Bertz CT molecular complexity index is 343. The molecule has 1 aromatic rings. The molecule has 0 saturated heterocycles. The molecule has 0 aliphatic heterocycles. The first kappa shape index (κ1) is 2.78. The molecule has 54 valence electrons. The van der Waals surface area contributed by atoms with Crippen LogP contribution in [0.15, 0.2) is 24.5 Å². The summed E-state index contributed by atoms with van der Waals surface area (Å²) in [5, 5.41) is 0.343. The molecule has 0 aliphatic rings. The molecular weight excluding hydrogens is 138 g/mol. The number of aromatic nitrogens is 1. The van der Waals surface area contributed by atoms with E-state index in [2.05, 4.69) is 4.98 Å². The van der Waals surface area contributed by atoms with Gasteiger partial charge >= 0.3 is 0 Å². The monoisotopic (exact) mass is 157 g/mol. The zero-order chi connectivity index (χ0) is 12.6. The summed E-state index contributed by atoms with van der Waals surface area (Å²) in [6, 6.07) is 3.11. The molecule has 1 aromatic heterocycles. The first-order valence-corrected chi connectivity index (χ1v) is 5.51. The lowest BCUT2D eigenvalue weighted by molar-refractivity contribution is 1.34. The van der Waals surface area contributed by atoms with Crippen LogP contribution in [0.25, 0.3) is 0 Å². The number of pyridine rings is 1. The van der Waals surface area contributed by atoms with E-state index >= 15 is 0 Å². The van der Waals surface area contributed by atoms with Gasteiger partial charge in [-0.2, -0.15) is 0 Å². The highest BCUT2D eigenvalue weighted by Crippen LogP contribution is 1.99. The van der Waals surface area contributed by atoms with Crippen LogP contribution >= 0.6 is 0 Å². The molecule has 1 heterocycles. The average molecular weight is 157 g/mol. The van der Waals surface area contributed by atoms with Gasteiger partial charge in [-0.25, -0.2) is 0 Å². The van der Waals surface area contributed by atoms with E-state index in [0.29, 0.717) is 5.19 Å².